The zero-order chi connectivity index (χ0) is 10.8. The summed E-state index contributed by atoms with van der Waals surface area (Å²) in [6, 6.07) is 0. The van der Waals surface area contributed by atoms with Gasteiger partial charge in [0.1, 0.15) is 4.34 Å². The van der Waals surface area contributed by atoms with Gasteiger partial charge in [0.05, 0.1) is 5.02 Å². The maximum absolute atomic E-state index is 6.15. The van der Waals surface area contributed by atoms with Gasteiger partial charge in [-0.3, -0.25) is 0 Å². The summed E-state index contributed by atoms with van der Waals surface area (Å²) >= 11 is 13.6. The van der Waals surface area contributed by atoms with Crippen LogP contribution >= 0.6 is 34.5 Å². The van der Waals surface area contributed by atoms with Crippen LogP contribution < -0.4 is 0 Å². The van der Waals surface area contributed by atoms with E-state index in [2.05, 4.69) is 26.2 Å². The van der Waals surface area contributed by atoms with Crippen LogP contribution in [0.15, 0.2) is 5.38 Å². The lowest BCUT2D eigenvalue weighted by atomic mass is 9.82. The first-order valence-electron chi connectivity index (χ1n) is 4.92. The fourth-order valence-electron chi connectivity index (χ4n) is 1.53. The Bertz CT molecular complexity index is 302. The van der Waals surface area contributed by atoms with E-state index in [4.69, 9.17) is 23.2 Å². The first-order valence-corrected chi connectivity index (χ1v) is 6.55. The van der Waals surface area contributed by atoms with Crippen LogP contribution in [-0.2, 0) is 5.41 Å². The van der Waals surface area contributed by atoms with Crippen molar-refractivity contribution < 1.29 is 0 Å². The molecule has 0 fully saturated rings. The summed E-state index contributed by atoms with van der Waals surface area (Å²) in [6.45, 7) is 6.66. The lowest BCUT2D eigenvalue weighted by Gasteiger charge is -2.24. The quantitative estimate of drug-likeness (QED) is 0.660. The average Bonchev–Trinajstić information content (AvgIpc) is 2.45. The normalized spacial score (nSPS) is 12.1. The Morgan fingerprint density at radius 2 is 2.00 bits per heavy atom. The Hall–Kier alpha value is 0.280. The third-order valence-electron chi connectivity index (χ3n) is 2.57. The van der Waals surface area contributed by atoms with Gasteiger partial charge in [-0.1, -0.05) is 56.8 Å². The van der Waals surface area contributed by atoms with Gasteiger partial charge in [0, 0.05) is 0 Å². The Balaban J connectivity index is 2.86. The number of unbranched alkanes of at least 4 members (excludes halogenated alkanes) is 1. The fourth-order valence-corrected chi connectivity index (χ4v) is 3.15. The van der Waals surface area contributed by atoms with Crippen molar-refractivity contribution >= 4 is 34.5 Å². The van der Waals surface area contributed by atoms with Crippen molar-refractivity contribution in [2.45, 2.75) is 45.4 Å². The van der Waals surface area contributed by atoms with Gasteiger partial charge < -0.3 is 0 Å². The van der Waals surface area contributed by atoms with Crippen molar-refractivity contribution in [3.63, 3.8) is 0 Å². The summed E-state index contributed by atoms with van der Waals surface area (Å²) in [5, 5.41) is 2.83. The molecule has 1 rings (SSSR count). The molecule has 0 saturated carbocycles. The van der Waals surface area contributed by atoms with Gasteiger partial charge in [0.15, 0.2) is 0 Å². The lowest BCUT2D eigenvalue weighted by Crippen LogP contribution is -2.16. The van der Waals surface area contributed by atoms with Crippen LogP contribution in [0.5, 0.6) is 0 Å². The molecule has 0 aliphatic carbocycles. The molecule has 1 aromatic rings. The van der Waals surface area contributed by atoms with Crippen LogP contribution in [0.1, 0.15) is 45.6 Å². The predicted molar refractivity (Wildman–Crippen MR) is 66.9 cm³/mol. The molecule has 0 atom stereocenters. The second-order valence-electron chi connectivity index (χ2n) is 4.22. The number of hydrogen-bond donors (Lipinski definition) is 0. The minimum Gasteiger partial charge on any atom is -0.130 e. The maximum Gasteiger partial charge on any atom is 0.112 e. The van der Waals surface area contributed by atoms with Crippen LogP contribution in [0.25, 0.3) is 0 Å². The first kappa shape index (κ1) is 12.4. The molecule has 0 spiro atoms. The molecule has 14 heavy (non-hydrogen) atoms. The third kappa shape index (κ3) is 2.65. The van der Waals surface area contributed by atoms with Gasteiger partial charge in [-0.15, -0.1) is 11.3 Å². The zero-order valence-electron chi connectivity index (χ0n) is 8.86. The topological polar surface area (TPSA) is 0 Å². The van der Waals surface area contributed by atoms with Gasteiger partial charge in [-0.05, 0) is 22.8 Å². The van der Waals surface area contributed by atoms with Crippen molar-refractivity contribution in [1.29, 1.82) is 0 Å². The highest BCUT2D eigenvalue weighted by molar-refractivity contribution is 7.15. The highest BCUT2D eigenvalue weighted by atomic mass is 35.5. The Labute approximate surface area is 100 Å². The van der Waals surface area contributed by atoms with Crippen LogP contribution in [0.3, 0.4) is 0 Å². The number of rotatable bonds is 4. The number of halogens is 2. The second kappa shape index (κ2) is 4.87. The lowest BCUT2D eigenvalue weighted by molar-refractivity contribution is 0.459. The van der Waals surface area contributed by atoms with E-state index < -0.39 is 0 Å². The van der Waals surface area contributed by atoms with Crippen LogP contribution in [0.2, 0.25) is 9.36 Å². The van der Waals surface area contributed by atoms with E-state index in [0.717, 1.165) is 11.4 Å². The van der Waals surface area contributed by atoms with E-state index in [1.165, 1.54) is 29.7 Å². The zero-order valence-corrected chi connectivity index (χ0v) is 11.2. The Kier molecular flexibility index (Phi) is 4.30. The van der Waals surface area contributed by atoms with E-state index in [1.54, 1.807) is 0 Å². The molecule has 0 amide bonds. The van der Waals surface area contributed by atoms with Crippen molar-refractivity contribution in [2.75, 3.05) is 0 Å². The van der Waals surface area contributed by atoms with Gasteiger partial charge >= 0.3 is 0 Å². The Morgan fingerprint density at radius 1 is 1.36 bits per heavy atom. The SMILES string of the molecule is CCCCC(C)(C)c1csc(Cl)c1Cl. The molecule has 80 valence electrons. The van der Waals surface area contributed by atoms with E-state index in [1.807, 2.05) is 0 Å². The summed E-state index contributed by atoms with van der Waals surface area (Å²) in [4.78, 5) is 0. The van der Waals surface area contributed by atoms with Crippen molar-refractivity contribution in [1.82, 2.24) is 0 Å². The summed E-state index contributed by atoms with van der Waals surface area (Å²) in [6.07, 6.45) is 3.62. The van der Waals surface area contributed by atoms with Crippen LogP contribution in [-0.4, -0.2) is 0 Å². The van der Waals surface area contributed by atoms with Crippen LogP contribution in [0, 0.1) is 0 Å². The molecular formula is C11H16Cl2S. The molecule has 0 bridgehead atoms. The highest BCUT2D eigenvalue weighted by Gasteiger charge is 2.24. The summed E-state index contributed by atoms with van der Waals surface area (Å²) in [7, 11) is 0. The molecular weight excluding hydrogens is 235 g/mol. The molecule has 0 saturated heterocycles. The standard InChI is InChI=1S/C11H16Cl2S/c1-4-5-6-11(2,3)8-7-14-10(13)9(8)12/h7H,4-6H2,1-3H3. The molecule has 0 aliphatic rings. The van der Waals surface area contributed by atoms with Crippen LogP contribution in [0.4, 0.5) is 0 Å². The van der Waals surface area contributed by atoms with Gasteiger partial charge in [0.25, 0.3) is 0 Å². The summed E-state index contributed by atoms with van der Waals surface area (Å²) in [5.41, 5.74) is 1.35. The second-order valence-corrected chi connectivity index (χ2v) is 6.08. The molecule has 3 heteroatoms. The van der Waals surface area contributed by atoms with Crippen molar-refractivity contribution in [3.05, 3.63) is 20.3 Å². The average molecular weight is 251 g/mol. The van der Waals surface area contributed by atoms with Crippen molar-refractivity contribution in [2.24, 2.45) is 0 Å². The molecule has 0 aliphatic heterocycles. The molecule has 0 aromatic carbocycles. The largest absolute Gasteiger partial charge is 0.130 e. The van der Waals surface area contributed by atoms with E-state index in [-0.39, 0.29) is 5.41 Å². The van der Waals surface area contributed by atoms with E-state index >= 15 is 0 Å². The maximum atomic E-state index is 6.15. The van der Waals surface area contributed by atoms with E-state index in [9.17, 15) is 0 Å². The fraction of sp³-hybridized carbons (Fsp3) is 0.636. The summed E-state index contributed by atoms with van der Waals surface area (Å²) in [5.74, 6) is 0. The third-order valence-corrected chi connectivity index (χ3v) is 4.40. The van der Waals surface area contributed by atoms with Crippen molar-refractivity contribution in [3.8, 4) is 0 Å². The molecule has 0 nitrogen and oxygen atoms in total. The van der Waals surface area contributed by atoms with E-state index in [0.29, 0.717) is 4.34 Å². The van der Waals surface area contributed by atoms with Gasteiger partial charge in [0.2, 0.25) is 0 Å². The van der Waals surface area contributed by atoms with Gasteiger partial charge in [-0.2, -0.15) is 0 Å². The minimum atomic E-state index is 0.150. The molecule has 1 heterocycles. The monoisotopic (exact) mass is 250 g/mol. The number of hydrogen-bond acceptors (Lipinski definition) is 1. The molecule has 0 radical (unpaired) electrons. The molecule has 0 N–H and O–H groups in total. The summed E-state index contributed by atoms with van der Waals surface area (Å²) < 4.78 is 0.714. The molecule has 1 aromatic heterocycles. The highest BCUT2D eigenvalue weighted by Crippen LogP contribution is 2.41. The molecule has 0 unspecified atom stereocenters. The smallest absolute Gasteiger partial charge is 0.112 e. The first-order chi connectivity index (χ1) is 6.49. The minimum absolute atomic E-state index is 0.150. The number of thiophene rings is 1. The Morgan fingerprint density at radius 3 is 2.43 bits per heavy atom. The van der Waals surface area contributed by atoms with Gasteiger partial charge in [-0.25, -0.2) is 0 Å². The predicted octanol–water partition coefficient (Wildman–Crippen LogP) is 5.52.